The molecule has 2 saturated heterocycles. The van der Waals surface area contributed by atoms with Gasteiger partial charge in [0.05, 0.1) is 43.2 Å². The number of hydroxylamine groups is 2. The van der Waals surface area contributed by atoms with E-state index in [2.05, 4.69) is 15.4 Å². The number of anilines is 2. The Kier molecular flexibility index (Phi) is 5.77. The van der Waals surface area contributed by atoms with Crippen LogP contribution < -0.4 is 15.5 Å². The van der Waals surface area contributed by atoms with Crippen LogP contribution in [0.5, 0.6) is 0 Å². The SMILES string of the molecule is NC[C@H]1CN(c2ccc(N3CCON(C(=O)Cc4c[nH]nn4)CC3)c(F)c2)C(=O)O1. The molecule has 160 valence electrons. The van der Waals surface area contributed by atoms with Gasteiger partial charge >= 0.3 is 6.09 Å². The van der Waals surface area contributed by atoms with Crippen LogP contribution in [0, 0.1) is 5.82 Å². The summed E-state index contributed by atoms with van der Waals surface area (Å²) >= 11 is 0. The fourth-order valence-electron chi connectivity index (χ4n) is 3.42. The summed E-state index contributed by atoms with van der Waals surface area (Å²) in [4.78, 5) is 33.0. The fourth-order valence-corrected chi connectivity index (χ4v) is 3.42. The highest BCUT2D eigenvalue weighted by atomic mass is 19.1. The molecule has 0 saturated carbocycles. The predicted octanol–water partition coefficient (Wildman–Crippen LogP) is 0.0506. The number of nitrogens with one attached hydrogen (secondary N) is 1. The topological polar surface area (TPSA) is 130 Å². The first kappa shape index (κ1) is 20.0. The zero-order chi connectivity index (χ0) is 21.1. The maximum absolute atomic E-state index is 14.8. The third kappa shape index (κ3) is 4.19. The zero-order valence-corrected chi connectivity index (χ0v) is 16.2. The van der Waals surface area contributed by atoms with Crippen molar-refractivity contribution in [2.24, 2.45) is 5.73 Å². The van der Waals surface area contributed by atoms with Gasteiger partial charge in [-0.05, 0) is 18.2 Å². The zero-order valence-electron chi connectivity index (χ0n) is 16.2. The number of aromatic amines is 1. The molecular formula is C18H22FN7O4. The van der Waals surface area contributed by atoms with Crippen LogP contribution in [-0.2, 0) is 20.8 Å². The molecule has 2 aliphatic rings. The van der Waals surface area contributed by atoms with Crippen molar-refractivity contribution in [1.82, 2.24) is 20.5 Å². The fraction of sp³-hybridized carbons (Fsp3) is 0.444. The quantitative estimate of drug-likeness (QED) is 0.695. The number of aromatic nitrogens is 3. The number of hydrogen-bond acceptors (Lipinski definition) is 8. The first-order chi connectivity index (χ1) is 14.5. The molecule has 1 aromatic heterocycles. The number of hydrogen-bond donors (Lipinski definition) is 2. The summed E-state index contributed by atoms with van der Waals surface area (Å²) in [5, 5.41) is 11.2. The number of carbonyl (C=O) groups excluding carboxylic acids is 2. The van der Waals surface area contributed by atoms with Gasteiger partial charge < -0.3 is 15.4 Å². The predicted molar refractivity (Wildman–Crippen MR) is 103 cm³/mol. The highest BCUT2D eigenvalue weighted by Crippen LogP contribution is 2.28. The van der Waals surface area contributed by atoms with Crippen molar-refractivity contribution in [3.8, 4) is 0 Å². The molecule has 4 rings (SSSR count). The molecule has 2 aliphatic heterocycles. The van der Waals surface area contributed by atoms with Crippen molar-refractivity contribution in [3.05, 3.63) is 35.9 Å². The normalized spacial score (nSPS) is 19.7. The molecule has 0 unspecified atom stereocenters. The van der Waals surface area contributed by atoms with E-state index in [0.717, 1.165) is 0 Å². The molecule has 1 aromatic carbocycles. The number of nitrogens with zero attached hydrogens (tertiary/aromatic N) is 5. The smallest absolute Gasteiger partial charge is 0.414 e. The molecule has 0 bridgehead atoms. The summed E-state index contributed by atoms with van der Waals surface area (Å²) in [7, 11) is 0. The van der Waals surface area contributed by atoms with Crippen LogP contribution in [0.25, 0.3) is 0 Å². The second-order valence-corrected chi connectivity index (χ2v) is 6.95. The number of amides is 2. The summed E-state index contributed by atoms with van der Waals surface area (Å²) < 4.78 is 20.0. The van der Waals surface area contributed by atoms with E-state index < -0.39 is 18.0 Å². The molecular weight excluding hydrogens is 397 g/mol. The molecule has 2 amide bonds. The summed E-state index contributed by atoms with van der Waals surface area (Å²) in [5.74, 6) is -0.720. The summed E-state index contributed by atoms with van der Waals surface area (Å²) in [6.07, 6.45) is 0.672. The van der Waals surface area contributed by atoms with Gasteiger partial charge in [-0.25, -0.2) is 14.2 Å². The lowest BCUT2D eigenvalue weighted by Crippen LogP contribution is -2.35. The molecule has 30 heavy (non-hydrogen) atoms. The molecule has 11 nitrogen and oxygen atoms in total. The number of carbonyl (C=O) groups is 2. The minimum Gasteiger partial charge on any atom is -0.443 e. The van der Waals surface area contributed by atoms with E-state index in [1.54, 1.807) is 23.2 Å². The van der Waals surface area contributed by atoms with Crippen LogP contribution in [-0.4, -0.2) is 77.9 Å². The molecule has 1 atom stereocenters. The van der Waals surface area contributed by atoms with Crippen LogP contribution in [0.2, 0.25) is 0 Å². The van der Waals surface area contributed by atoms with Gasteiger partial charge in [0.25, 0.3) is 5.91 Å². The summed E-state index contributed by atoms with van der Waals surface area (Å²) in [6, 6.07) is 4.58. The summed E-state index contributed by atoms with van der Waals surface area (Å²) in [5.41, 5.74) is 6.84. The highest BCUT2D eigenvalue weighted by molar-refractivity contribution is 5.90. The monoisotopic (exact) mass is 419 g/mol. The second kappa shape index (κ2) is 8.63. The first-order valence-electron chi connectivity index (χ1n) is 9.56. The van der Waals surface area contributed by atoms with Crippen molar-refractivity contribution in [2.75, 3.05) is 49.1 Å². The molecule has 3 heterocycles. The third-order valence-electron chi connectivity index (χ3n) is 4.98. The number of cyclic esters (lactones) is 1. The van der Waals surface area contributed by atoms with Crippen molar-refractivity contribution < 1.29 is 23.6 Å². The van der Waals surface area contributed by atoms with Gasteiger partial charge in [0.15, 0.2) is 0 Å². The Morgan fingerprint density at radius 3 is 2.90 bits per heavy atom. The van der Waals surface area contributed by atoms with Gasteiger partial charge in [-0.1, -0.05) is 5.21 Å². The average Bonchev–Trinajstić information content (AvgIpc) is 3.30. The van der Waals surface area contributed by atoms with E-state index in [1.807, 2.05) is 0 Å². The third-order valence-corrected chi connectivity index (χ3v) is 4.98. The van der Waals surface area contributed by atoms with Gasteiger partial charge in [0.1, 0.15) is 11.9 Å². The van der Waals surface area contributed by atoms with E-state index in [1.165, 1.54) is 16.0 Å². The molecule has 2 aromatic rings. The van der Waals surface area contributed by atoms with E-state index in [9.17, 15) is 14.0 Å². The maximum atomic E-state index is 14.8. The molecule has 2 fully saturated rings. The van der Waals surface area contributed by atoms with Crippen molar-refractivity contribution in [1.29, 1.82) is 0 Å². The number of benzene rings is 1. The van der Waals surface area contributed by atoms with Crippen molar-refractivity contribution in [3.63, 3.8) is 0 Å². The minimum atomic E-state index is -0.540. The number of halogens is 1. The number of nitrogens with two attached hydrogens (primary N) is 1. The number of ether oxygens (including phenoxy) is 1. The Bertz CT molecular complexity index is 910. The molecule has 0 spiro atoms. The summed E-state index contributed by atoms with van der Waals surface area (Å²) in [6.45, 7) is 1.79. The van der Waals surface area contributed by atoms with Gasteiger partial charge in [0.2, 0.25) is 0 Å². The Hall–Kier alpha value is -3.25. The van der Waals surface area contributed by atoms with Crippen molar-refractivity contribution >= 4 is 23.4 Å². The van der Waals surface area contributed by atoms with E-state index in [0.29, 0.717) is 30.2 Å². The molecule has 0 aliphatic carbocycles. The lowest BCUT2D eigenvalue weighted by atomic mass is 10.2. The highest BCUT2D eigenvalue weighted by Gasteiger charge is 2.32. The van der Waals surface area contributed by atoms with Crippen LogP contribution in [0.1, 0.15) is 5.69 Å². The standard InChI is InChI=1S/C18H22FN7O4/c19-15-8-13(25-11-14(9-20)30-18(25)28)1-2-16(15)24-3-4-26(29-6-5-24)17(27)7-12-10-21-23-22-12/h1-2,8,10,14H,3-7,9,11,20H2,(H,21,22,23)/t14-/m0/s1. The number of H-pyrrole nitrogens is 1. The second-order valence-electron chi connectivity index (χ2n) is 6.95. The maximum Gasteiger partial charge on any atom is 0.414 e. The van der Waals surface area contributed by atoms with Crippen LogP contribution in [0.4, 0.5) is 20.6 Å². The van der Waals surface area contributed by atoms with E-state index in [-0.39, 0.29) is 38.6 Å². The largest absolute Gasteiger partial charge is 0.443 e. The minimum absolute atomic E-state index is 0.0648. The Morgan fingerprint density at radius 1 is 1.33 bits per heavy atom. The molecule has 0 radical (unpaired) electrons. The van der Waals surface area contributed by atoms with E-state index in [4.69, 9.17) is 15.3 Å². The lowest BCUT2D eigenvalue weighted by molar-refractivity contribution is -0.181. The molecule has 12 heteroatoms. The number of rotatable bonds is 5. The van der Waals surface area contributed by atoms with E-state index >= 15 is 0 Å². The van der Waals surface area contributed by atoms with Crippen LogP contribution >= 0.6 is 0 Å². The lowest BCUT2D eigenvalue weighted by Gasteiger charge is -2.23. The van der Waals surface area contributed by atoms with Crippen LogP contribution in [0.3, 0.4) is 0 Å². The van der Waals surface area contributed by atoms with Crippen molar-refractivity contribution in [2.45, 2.75) is 12.5 Å². The van der Waals surface area contributed by atoms with Gasteiger partial charge in [-0.3, -0.25) is 19.6 Å². The Morgan fingerprint density at radius 2 is 2.20 bits per heavy atom. The van der Waals surface area contributed by atoms with Crippen LogP contribution in [0.15, 0.2) is 24.4 Å². The van der Waals surface area contributed by atoms with Gasteiger partial charge in [-0.2, -0.15) is 0 Å². The Labute approximate surface area is 171 Å². The van der Waals surface area contributed by atoms with Gasteiger partial charge in [-0.15, -0.1) is 5.10 Å². The Balaban J connectivity index is 1.40. The average molecular weight is 419 g/mol. The first-order valence-corrected chi connectivity index (χ1v) is 9.56. The molecule has 3 N–H and O–H groups in total. The van der Waals surface area contributed by atoms with Gasteiger partial charge in [0, 0.05) is 25.8 Å².